The fraction of sp³-hybridized carbons (Fsp3) is 0.462. The van der Waals surface area contributed by atoms with E-state index in [0.717, 1.165) is 19.2 Å². The monoisotopic (exact) mass is 257 g/mol. The SMILES string of the molecule is [CH2]CN1CCN(c2ccccc2C(F)(F)F)CC1. The van der Waals surface area contributed by atoms with Crippen LogP contribution in [-0.4, -0.2) is 37.6 Å². The first-order valence-electron chi connectivity index (χ1n) is 5.95. The first kappa shape index (κ1) is 13.2. The topological polar surface area (TPSA) is 6.48 Å². The van der Waals surface area contributed by atoms with Crippen LogP contribution < -0.4 is 4.90 Å². The second-order valence-corrected chi connectivity index (χ2v) is 4.34. The Hall–Kier alpha value is -1.23. The molecule has 0 N–H and O–H groups in total. The summed E-state index contributed by atoms with van der Waals surface area (Å²) in [7, 11) is 0. The van der Waals surface area contributed by atoms with Crippen LogP contribution >= 0.6 is 0 Å². The highest BCUT2D eigenvalue weighted by Gasteiger charge is 2.34. The number of hydrogen-bond donors (Lipinski definition) is 0. The minimum Gasteiger partial charge on any atom is -0.368 e. The second kappa shape index (κ2) is 5.18. The van der Waals surface area contributed by atoms with Gasteiger partial charge in [-0.15, -0.1) is 0 Å². The summed E-state index contributed by atoms with van der Waals surface area (Å²) in [5.41, 5.74) is -0.262. The van der Waals surface area contributed by atoms with Crippen molar-refractivity contribution in [3.8, 4) is 0 Å². The van der Waals surface area contributed by atoms with Gasteiger partial charge < -0.3 is 4.90 Å². The van der Waals surface area contributed by atoms with Crippen molar-refractivity contribution < 1.29 is 13.2 Å². The van der Waals surface area contributed by atoms with Crippen molar-refractivity contribution in [2.45, 2.75) is 6.18 Å². The molecule has 0 bridgehead atoms. The fourth-order valence-corrected chi connectivity index (χ4v) is 2.20. The summed E-state index contributed by atoms with van der Waals surface area (Å²) in [5.74, 6) is 0. The highest BCUT2D eigenvalue weighted by Crippen LogP contribution is 2.36. The lowest BCUT2D eigenvalue weighted by Gasteiger charge is -2.36. The maximum Gasteiger partial charge on any atom is 0.418 e. The fourth-order valence-electron chi connectivity index (χ4n) is 2.20. The number of anilines is 1. The van der Waals surface area contributed by atoms with Crippen LogP contribution in [0.4, 0.5) is 18.9 Å². The van der Waals surface area contributed by atoms with Gasteiger partial charge in [0.1, 0.15) is 0 Å². The van der Waals surface area contributed by atoms with E-state index < -0.39 is 11.7 Å². The molecule has 1 radical (unpaired) electrons. The normalized spacial score (nSPS) is 18.1. The van der Waals surface area contributed by atoms with Gasteiger partial charge in [0, 0.05) is 31.9 Å². The number of piperazine rings is 1. The molecule has 0 amide bonds. The molecule has 0 spiro atoms. The maximum absolute atomic E-state index is 12.9. The van der Waals surface area contributed by atoms with Crippen LogP contribution in [0.5, 0.6) is 0 Å². The largest absolute Gasteiger partial charge is 0.418 e. The summed E-state index contributed by atoms with van der Waals surface area (Å²) in [6, 6.07) is 5.77. The molecule has 1 aromatic rings. The number of alkyl halides is 3. The standard InChI is InChI=1S/C13H16F3N2/c1-2-17-7-9-18(10-8-17)12-6-4-3-5-11(12)13(14,15)16/h3-6H,1-2,7-10H2. The van der Waals surface area contributed by atoms with Crippen LogP contribution in [0.25, 0.3) is 0 Å². The van der Waals surface area contributed by atoms with Crippen LogP contribution in [0.3, 0.4) is 0 Å². The van der Waals surface area contributed by atoms with Crippen LogP contribution in [0.2, 0.25) is 0 Å². The number of nitrogens with zero attached hydrogens (tertiary/aromatic N) is 2. The molecule has 0 aromatic heterocycles. The average molecular weight is 257 g/mol. The summed E-state index contributed by atoms with van der Waals surface area (Å²) in [4.78, 5) is 3.93. The maximum atomic E-state index is 12.9. The molecule has 2 rings (SSSR count). The third kappa shape index (κ3) is 2.77. The lowest BCUT2D eigenvalue weighted by molar-refractivity contribution is -0.137. The van der Waals surface area contributed by atoms with Gasteiger partial charge in [0.05, 0.1) is 5.56 Å². The first-order valence-corrected chi connectivity index (χ1v) is 5.95. The van der Waals surface area contributed by atoms with E-state index in [4.69, 9.17) is 0 Å². The minimum absolute atomic E-state index is 0.286. The second-order valence-electron chi connectivity index (χ2n) is 4.34. The van der Waals surface area contributed by atoms with Crippen molar-refractivity contribution in [3.63, 3.8) is 0 Å². The molecule has 0 atom stereocenters. The minimum atomic E-state index is -4.29. The van der Waals surface area contributed by atoms with Crippen molar-refractivity contribution in [3.05, 3.63) is 36.8 Å². The van der Waals surface area contributed by atoms with Gasteiger partial charge in [-0.25, -0.2) is 0 Å². The van der Waals surface area contributed by atoms with Crippen molar-refractivity contribution in [1.29, 1.82) is 0 Å². The van der Waals surface area contributed by atoms with E-state index in [1.807, 2.05) is 0 Å². The van der Waals surface area contributed by atoms with Gasteiger partial charge in [-0.2, -0.15) is 13.2 Å². The Morgan fingerprint density at radius 1 is 1.06 bits per heavy atom. The van der Waals surface area contributed by atoms with Crippen molar-refractivity contribution in [2.24, 2.45) is 0 Å². The van der Waals surface area contributed by atoms with E-state index in [0.29, 0.717) is 19.6 Å². The molecule has 1 saturated heterocycles. The van der Waals surface area contributed by atoms with Crippen molar-refractivity contribution in [1.82, 2.24) is 4.90 Å². The Kier molecular flexibility index (Phi) is 3.80. The molecule has 0 unspecified atom stereocenters. The van der Waals surface area contributed by atoms with E-state index in [2.05, 4.69) is 11.8 Å². The van der Waals surface area contributed by atoms with E-state index in [-0.39, 0.29) is 5.69 Å². The highest BCUT2D eigenvalue weighted by molar-refractivity contribution is 5.55. The van der Waals surface area contributed by atoms with E-state index in [9.17, 15) is 13.2 Å². The lowest BCUT2D eigenvalue weighted by Crippen LogP contribution is -2.46. The zero-order chi connectivity index (χ0) is 13.2. The van der Waals surface area contributed by atoms with Crippen LogP contribution in [0.1, 0.15) is 5.56 Å². The average Bonchev–Trinajstić information content (AvgIpc) is 2.38. The summed E-state index contributed by atoms with van der Waals surface area (Å²) < 4.78 is 38.7. The summed E-state index contributed by atoms with van der Waals surface area (Å²) >= 11 is 0. The molecule has 18 heavy (non-hydrogen) atoms. The molecular weight excluding hydrogens is 241 g/mol. The van der Waals surface area contributed by atoms with Gasteiger partial charge >= 0.3 is 6.18 Å². The van der Waals surface area contributed by atoms with E-state index in [1.165, 1.54) is 6.07 Å². The number of halogens is 3. The van der Waals surface area contributed by atoms with Crippen LogP contribution in [-0.2, 0) is 6.18 Å². The third-order valence-corrected chi connectivity index (χ3v) is 3.24. The zero-order valence-electron chi connectivity index (χ0n) is 10.1. The summed E-state index contributed by atoms with van der Waals surface area (Å²) in [6.07, 6.45) is -4.29. The van der Waals surface area contributed by atoms with Gasteiger partial charge in [0.2, 0.25) is 0 Å². The molecule has 2 nitrogen and oxygen atoms in total. The van der Waals surface area contributed by atoms with E-state index >= 15 is 0 Å². The van der Waals surface area contributed by atoms with Crippen LogP contribution in [0.15, 0.2) is 24.3 Å². The Labute approximate surface area is 105 Å². The smallest absolute Gasteiger partial charge is 0.368 e. The predicted octanol–water partition coefficient (Wildman–Crippen LogP) is 2.66. The Bertz CT molecular complexity index is 395. The van der Waals surface area contributed by atoms with Gasteiger partial charge in [0.25, 0.3) is 0 Å². The Morgan fingerprint density at radius 3 is 2.22 bits per heavy atom. The van der Waals surface area contributed by atoms with Gasteiger partial charge in [0.15, 0.2) is 0 Å². The van der Waals surface area contributed by atoms with Crippen LogP contribution in [0, 0.1) is 6.92 Å². The molecule has 1 heterocycles. The molecule has 0 aliphatic carbocycles. The number of rotatable bonds is 2. The quantitative estimate of drug-likeness (QED) is 0.803. The van der Waals surface area contributed by atoms with Gasteiger partial charge in [-0.1, -0.05) is 12.1 Å². The summed E-state index contributed by atoms with van der Waals surface area (Å²) in [6.45, 7) is 7.24. The van der Waals surface area contributed by atoms with Gasteiger partial charge in [-0.3, -0.25) is 4.90 Å². The number of benzene rings is 1. The highest BCUT2D eigenvalue weighted by atomic mass is 19.4. The van der Waals surface area contributed by atoms with Crippen molar-refractivity contribution >= 4 is 5.69 Å². The van der Waals surface area contributed by atoms with Gasteiger partial charge in [-0.05, 0) is 25.6 Å². The predicted molar refractivity (Wildman–Crippen MR) is 65.5 cm³/mol. The third-order valence-electron chi connectivity index (χ3n) is 3.24. The van der Waals surface area contributed by atoms with E-state index in [1.54, 1.807) is 17.0 Å². The lowest BCUT2D eigenvalue weighted by atomic mass is 10.1. The molecule has 99 valence electrons. The Morgan fingerprint density at radius 2 is 1.67 bits per heavy atom. The molecule has 1 aliphatic rings. The summed E-state index contributed by atoms with van der Waals surface area (Å²) in [5, 5.41) is 0. The molecule has 1 aromatic carbocycles. The molecular formula is C13H16F3N2. The molecule has 0 saturated carbocycles. The molecule has 1 fully saturated rings. The molecule has 1 aliphatic heterocycles. The zero-order valence-corrected chi connectivity index (χ0v) is 10.1. The Balaban J connectivity index is 2.19. The number of para-hydroxylation sites is 1. The molecule has 5 heteroatoms. The first-order chi connectivity index (χ1) is 8.52. The number of hydrogen-bond acceptors (Lipinski definition) is 2. The van der Waals surface area contributed by atoms with Crippen molar-refractivity contribution in [2.75, 3.05) is 37.6 Å².